The second-order valence-corrected chi connectivity index (χ2v) is 7.43. The summed E-state index contributed by atoms with van der Waals surface area (Å²) in [5.74, 6) is -0.167. The lowest BCUT2D eigenvalue weighted by molar-refractivity contribution is 0.217. The zero-order valence-corrected chi connectivity index (χ0v) is 15.7. The van der Waals surface area contributed by atoms with Crippen molar-refractivity contribution in [1.29, 1.82) is 0 Å². The van der Waals surface area contributed by atoms with Crippen LogP contribution in [0.15, 0.2) is 60.8 Å². The van der Waals surface area contributed by atoms with E-state index in [1.165, 1.54) is 11.8 Å². The smallest absolute Gasteiger partial charge is 0.127 e. The van der Waals surface area contributed by atoms with Crippen molar-refractivity contribution in [2.24, 2.45) is 0 Å². The molecular formula is C21H19Cl2FN2. The average Bonchev–Trinajstić information content (AvgIpc) is 3.01. The molecule has 3 aromatic rings. The summed E-state index contributed by atoms with van der Waals surface area (Å²) < 4.78 is 16.5. The highest BCUT2D eigenvalue weighted by Crippen LogP contribution is 2.35. The number of hydrogen-bond donors (Lipinski definition) is 0. The third-order valence-electron chi connectivity index (χ3n) is 4.94. The van der Waals surface area contributed by atoms with Gasteiger partial charge in [0.25, 0.3) is 0 Å². The van der Waals surface area contributed by atoms with Gasteiger partial charge in [0.05, 0.1) is 16.1 Å². The summed E-state index contributed by atoms with van der Waals surface area (Å²) in [6, 6.07) is 16.9. The Morgan fingerprint density at radius 2 is 1.81 bits per heavy atom. The third kappa shape index (κ3) is 3.39. The molecule has 0 saturated carbocycles. The van der Waals surface area contributed by atoms with Crippen molar-refractivity contribution in [2.45, 2.75) is 25.6 Å². The fourth-order valence-corrected chi connectivity index (χ4v) is 4.03. The predicted octanol–water partition coefficient (Wildman–Crippen LogP) is 5.93. The second kappa shape index (κ2) is 7.43. The summed E-state index contributed by atoms with van der Waals surface area (Å²) in [5.41, 5.74) is 2.97. The summed E-state index contributed by atoms with van der Waals surface area (Å²) in [6.07, 6.45) is 3.11. The van der Waals surface area contributed by atoms with Crippen molar-refractivity contribution in [1.82, 2.24) is 9.47 Å². The Morgan fingerprint density at radius 3 is 2.62 bits per heavy atom. The standard InChI is InChI=1S/C21H19Cl2FN2/c22-17-9-8-15(13-18(17)23)21-20-7-3-10-25(20)11-4-12-26(21)14-16-5-1-2-6-19(16)24/h1-3,5-10,13,21H,4,11-12,14H2. The molecule has 1 aliphatic heterocycles. The van der Waals surface area contributed by atoms with Gasteiger partial charge in [0.2, 0.25) is 0 Å². The molecule has 0 spiro atoms. The largest absolute Gasteiger partial charge is 0.350 e. The Labute approximate surface area is 162 Å². The third-order valence-corrected chi connectivity index (χ3v) is 5.68. The maximum atomic E-state index is 14.3. The Balaban J connectivity index is 1.78. The number of aryl methyl sites for hydroxylation is 1. The molecule has 0 saturated heterocycles. The minimum absolute atomic E-state index is 0.00173. The van der Waals surface area contributed by atoms with Gasteiger partial charge in [0.15, 0.2) is 0 Å². The van der Waals surface area contributed by atoms with Gasteiger partial charge in [-0.25, -0.2) is 4.39 Å². The van der Waals surface area contributed by atoms with E-state index in [0.29, 0.717) is 22.2 Å². The molecule has 1 unspecified atom stereocenters. The Hall–Kier alpha value is -1.81. The Kier molecular flexibility index (Phi) is 5.03. The van der Waals surface area contributed by atoms with Gasteiger partial charge in [0, 0.05) is 37.1 Å². The van der Waals surface area contributed by atoms with Crippen molar-refractivity contribution in [3.63, 3.8) is 0 Å². The van der Waals surface area contributed by atoms with Gasteiger partial charge in [-0.1, -0.05) is 47.5 Å². The predicted molar refractivity (Wildman–Crippen MR) is 104 cm³/mol. The highest BCUT2D eigenvalue weighted by atomic mass is 35.5. The van der Waals surface area contributed by atoms with Crippen LogP contribution in [-0.2, 0) is 13.1 Å². The summed E-state index contributed by atoms with van der Waals surface area (Å²) in [6.45, 7) is 2.37. The van der Waals surface area contributed by atoms with Crippen LogP contribution in [0.5, 0.6) is 0 Å². The molecule has 2 nitrogen and oxygen atoms in total. The average molecular weight is 389 g/mol. The molecule has 0 bridgehead atoms. The van der Waals surface area contributed by atoms with E-state index in [9.17, 15) is 4.39 Å². The van der Waals surface area contributed by atoms with Crippen LogP contribution in [-0.4, -0.2) is 16.0 Å². The summed E-state index contributed by atoms with van der Waals surface area (Å²) in [7, 11) is 0. The maximum absolute atomic E-state index is 14.3. The summed E-state index contributed by atoms with van der Waals surface area (Å²) in [5, 5.41) is 1.08. The maximum Gasteiger partial charge on any atom is 0.127 e. The number of rotatable bonds is 3. The van der Waals surface area contributed by atoms with Crippen molar-refractivity contribution >= 4 is 23.2 Å². The molecular weight excluding hydrogens is 370 g/mol. The normalized spacial score (nSPS) is 17.7. The van der Waals surface area contributed by atoms with E-state index >= 15 is 0 Å². The van der Waals surface area contributed by atoms with Gasteiger partial charge in [-0.2, -0.15) is 0 Å². The number of aromatic nitrogens is 1. The Bertz CT molecular complexity index is 922. The molecule has 2 aromatic carbocycles. The molecule has 26 heavy (non-hydrogen) atoms. The van der Waals surface area contributed by atoms with Crippen molar-refractivity contribution < 1.29 is 4.39 Å². The molecule has 0 amide bonds. The van der Waals surface area contributed by atoms with Crippen molar-refractivity contribution in [3.05, 3.63) is 93.5 Å². The molecule has 134 valence electrons. The van der Waals surface area contributed by atoms with E-state index in [1.54, 1.807) is 6.07 Å². The minimum atomic E-state index is -0.167. The fourth-order valence-electron chi connectivity index (χ4n) is 3.72. The van der Waals surface area contributed by atoms with E-state index in [-0.39, 0.29) is 11.9 Å². The molecule has 0 aliphatic carbocycles. The monoisotopic (exact) mass is 388 g/mol. The van der Waals surface area contributed by atoms with Gasteiger partial charge < -0.3 is 4.57 Å². The zero-order chi connectivity index (χ0) is 18.1. The fraction of sp³-hybridized carbons (Fsp3) is 0.238. The highest BCUT2D eigenvalue weighted by Gasteiger charge is 2.28. The van der Waals surface area contributed by atoms with E-state index in [0.717, 1.165) is 25.1 Å². The lowest BCUT2D eigenvalue weighted by atomic mass is 10.0. The van der Waals surface area contributed by atoms with Gasteiger partial charge in [-0.05, 0) is 42.3 Å². The summed E-state index contributed by atoms with van der Waals surface area (Å²) in [4.78, 5) is 2.32. The molecule has 1 aromatic heterocycles. The van der Waals surface area contributed by atoms with Gasteiger partial charge >= 0.3 is 0 Å². The molecule has 0 N–H and O–H groups in total. The molecule has 5 heteroatoms. The molecule has 0 fully saturated rings. The molecule has 2 heterocycles. The highest BCUT2D eigenvalue weighted by molar-refractivity contribution is 6.42. The quantitative estimate of drug-likeness (QED) is 0.539. The van der Waals surface area contributed by atoms with E-state index in [2.05, 4.69) is 27.8 Å². The molecule has 1 aliphatic rings. The number of halogens is 3. The minimum Gasteiger partial charge on any atom is -0.350 e. The Morgan fingerprint density at radius 1 is 0.962 bits per heavy atom. The van der Waals surface area contributed by atoms with Gasteiger partial charge in [-0.15, -0.1) is 0 Å². The lowest BCUT2D eigenvalue weighted by Gasteiger charge is -2.31. The SMILES string of the molecule is Fc1ccccc1CN1CCCn2cccc2C1c1ccc(Cl)c(Cl)c1. The van der Waals surface area contributed by atoms with Crippen LogP contribution >= 0.6 is 23.2 Å². The lowest BCUT2D eigenvalue weighted by Crippen LogP contribution is -2.29. The van der Waals surface area contributed by atoms with Crippen LogP contribution in [0.2, 0.25) is 10.0 Å². The first-order chi connectivity index (χ1) is 12.6. The van der Waals surface area contributed by atoms with Crippen LogP contribution in [0.1, 0.15) is 29.3 Å². The van der Waals surface area contributed by atoms with Crippen molar-refractivity contribution in [3.8, 4) is 0 Å². The van der Waals surface area contributed by atoms with Gasteiger partial charge in [-0.3, -0.25) is 4.90 Å². The first-order valence-electron chi connectivity index (χ1n) is 8.71. The first kappa shape index (κ1) is 17.6. The van der Waals surface area contributed by atoms with Gasteiger partial charge in [0.1, 0.15) is 5.82 Å². The van der Waals surface area contributed by atoms with E-state index in [1.807, 2.05) is 30.3 Å². The number of nitrogens with zero attached hydrogens (tertiary/aromatic N) is 2. The van der Waals surface area contributed by atoms with Crippen LogP contribution in [0, 0.1) is 5.82 Å². The van der Waals surface area contributed by atoms with E-state index < -0.39 is 0 Å². The number of hydrogen-bond acceptors (Lipinski definition) is 1. The number of benzene rings is 2. The molecule has 0 radical (unpaired) electrons. The molecule has 1 atom stereocenters. The molecule has 4 rings (SSSR count). The summed E-state index contributed by atoms with van der Waals surface area (Å²) >= 11 is 12.4. The first-order valence-corrected chi connectivity index (χ1v) is 9.46. The van der Waals surface area contributed by atoms with Crippen LogP contribution in [0.4, 0.5) is 4.39 Å². The van der Waals surface area contributed by atoms with Crippen molar-refractivity contribution in [2.75, 3.05) is 6.54 Å². The van der Waals surface area contributed by atoms with Crippen LogP contribution in [0.25, 0.3) is 0 Å². The topological polar surface area (TPSA) is 8.17 Å². The van der Waals surface area contributed by atoms with Crippen LogP contribution < -0.4 is 0 Å². The number of fused-ring (bicyclic) bond motifs is 1. The van der Waals surface area contributed by atoms with E-state index in [4.69, 9.17) is 23.2 Å². The van der Waals surface area contributed by atoms with Crippen LogP contribution in [0.3, 0.4) is 0 Å². The zero-order valence-electron chi connectivity index (χ0n) is 14.2. The second-order valence-electron chi connectivity index (χ2n) is 6.62.